The molecule has 1 unspecified atom stereocenters. The van der Waals surface area contributed by atoms with Crippen LogP contribution in [-0.2, 0) is 16.1 Å². The Balaban J connectivity index is 2.87. The van der Waals surface area contributed by atoms with E-state index in [0.717, 1.165) is 5.56 Å². The molecule has 1 atom stereocenters. The standard InChI is InChI=1S/C13H20N4O2/c1-2-11(13(16)19)17(8-12(15)18)7-9-3-5-10(14)6-4-9/h3-6,11H,2,7-8,14H2,1H3,(H2,15,18)(H2,16,19). The van der Waals surface area contributed by atoms with E-state index < -0.39 is 17.9 Å². The Morgan fingerprint density at radius 3 is 2.21 bits per heavy atom. The first-order valence-electron chi connectivity index (χ1n) is 6.10. The second-order valence-electron chi connectivity index (χ2n) is 4.44. The van der Waals surface area contributed by atoms with Gasteiger partial charge in [0.15, 0.2) is 0 Å². The number of nitrogens with two attached hydrogens (primary N) is 3. The number of anilines is 1. The summed E-state index contributed by atoms with van der Waals surface area (Å²) < 4.78 is 0. The molecule has 1 aromatic rings. The van der Waals surface area contributed by atoms with Gasteiger partial charge < -0.3 is 17.2 Å². The Morgan fingerprint density at radius 2 is 1.79 bits per heavy atom. The number of amides is 2. The average Bonchev–Trinajstić information content (AvgIpc) is 2.31. The molecule has 6 heteroatoms. The molecule has 0 bridgehead atoms. The molecule has 1 rings (SSSR count). The number of primary amides is 2. The highest BCUT2D eigenvalue weighted by Crippen LogP contribution is 2.12. The van der Waals surface area contributed by atoms with Crippen molar-refractivity contribution in [1.82, 2.24) is 4.90 Å². The van der Waals surface area contributed by atoms with Crippen LogP contribution in [0.4, 0.5) is 5.69 Å². The second-order valence-corrected chi connectivity index (χ2v) is 4.44. The van der Waals surface area contributed by atoms with Crippen molar-refractivity contribution in [2.75, 3.05) is 12.3 Å². The minimum absolute atomic E-state index is 0.00811. The lowest BCUT2D eigenvalue weighted by molar-refractivity contribution is -0.126. The molecule has 6 N–H and O–H groups in total. The number of nitrogens with zero attached hydrogens (tertiary/aromatic N) is 1. The maximum Gasteiger partial charge on any atom is 0.234 e. The highest BCUT2D eigenvalue weighted by Gasteiger charge is 2.23. The molecule has 0 heterocycles. The lowest BCUT2D eigenvalue weighted by atomic mass is 10.1. The summed E-state index contributed by atoms with van der Waals surface area (Å²) in [5.41, 5.74) is 17.8. The van der Waals surface area contributed by atoms with E-state index in [2.05, 4.69) is 0 Å². The van der Waals surface area contributed by atoms with Gasteiger partial charge in [-0.05, 0) is 24.1 Å². The monoisotopic (exact) mass is 264 g/mol. The Morgan fingerprint density at radius 1 is 1.21 bits per heavy atom. The number of carbonyl (C=O) groups excluding carboxylic acids is 2. The molecule has 0 saturated heterocycles. The van der Waals surface area contributed by atoms with Crippen LogP contribution in [0.15, 0.2) is 24.3 Å². The normalized spacial score (nSPS) is 12.3. The fourth-order valence-electron chi connectivity index (χ4n) is 1.97. The quantitative estimate of drug-likeness (QED) is 0.592. The predicted molar refractivity (Wildman–Crippen MR) is 73.7 cm³/mol. The largest absolute Gasteiger partial charge is 0.399 e. The Bertz CT molecular complexity index is 444. The van der Waals surface area contributed by atoms with Gasteiger partial charge in [-0.2, -0.15) is 0 Å². The van der Waals surface area contributed by atoms with Crippen molar-refractivity contribution < 1.29 is 9.59 Å². The highest BCUT2D eigenvalue weighted by molar-refractivity contribution is 5.81. The van der Waals surface area contributed by atoms with Gasteiger partial charge >= 0.3 is 0 Å². The van der Waals surface area contributed by atoms with Crippen molar-refractivity contribution >= 4 is 17.5 Å². The van der Waals surface area contributed by atoms with Crippen LogP contribution in [-0.4, -0.2) is 29.3 Å². The number of rotatable bonds is 7. The SMILES string of the molecule is CCC(C(N)=O)N(CC(N)=O)Cc1ccc(N)cc1. The predicted octanol–water partition coefficient (Wildman–Crippen LogP) is -0.180. The van der Waals surface area contributed by atoms with Gasteiger partial charge in [-0.25, -0.2) is 0 Å². The Hall–Kier alpha value is -2.08. The van der Waals surface area contributed by atoms with Gasteiger partial charge in [0.25, 0.3) is 0 Å². The number of carbonyl (C=O) groups is 2. The van der Waals surface area contributed by atoms with E-state index in [1.54, 1.807) is 17.0 Å². The van der Waals surface area contributed by atoms with E-state index in [1.807, 2.05) is 19.1 Å². The lowest BCUT2D eigenvalue weighted by Crippen LogP contribution is -2.47. The Kier molecular flexibility index (Phi) is 5.32. The minimum atomic E-state index is -0.509. The second kappa shape index (κ2) is 6.75. The molecule has 0 aromatic heterocycles. The molecule has 0 spiro atoms. The number of nitrogen functional groups attached to an aromatic ring is 1. The summed E-state index contributed by atoms with van der Waals surface area (Å²) in [7, 11) is 0. The molecule has 0 fully saturated rings. The summed E-state index contributed by atoms with van der Waals surface area (Å²) in [6, 6.07) is 6.71. The first-order valence-corrected chi connectivity index (χ1v) is 6.10. The molecule has 1 aromatic carbocycles. The maximum atomic E-state index is 11.4. The van der Waals surface area contributed by atoms with Crippen LogP contribution >= 0.6 is 0 Å². The third-order valence-electron chi connectivity index (χ3n) is 2.88. The zero-order valence-corrected chi connectivity index (χ0v) is 11.0. The molecule has 0 aliphatic rings. The number of hydrogen-bond acceptors (Lipinski definition) is 4. The number of hydrogen-bond donors (Lipinski definition) is 3. The van der Waals surface area contributed by atoms with Gasteiger partial charge in [-0.3, -0.25) is 14.5 Å². The van der Waals surface area contributed by atoms with E-state index in [0.29, 0.717) is 18.7 Å². The van der Waals surface area contributed by atoms with Gasteiger partial charge in [0.2, 0.25) is 11.8 Å². The van der Waals surface area contributed by atoms with Crippen LogP contribution in [0.1, 0.15) is 18.9 Å². The van der Waals surface area contributed by atoms with E-state index in [1.165, 1.54) is 0 Å². The van der Waals surface area contributed by atoms with Crippen LogP contribution in [0.2, 0.25) is 0 Å². The molecular weight excluding hydrogens is 244 g/mol. The molecule has 104 valence electrons. The smallest absolute Gasteiger partial charge is 0.234 e. The van der Waals surface area contributed by atoms with Gasteiger partial charge in [0, 0.05) is 12.2 Å². The van der Waals surface area contributed by atoms with Crippen molar-refractivity contribution in [2.45, 2.75) is 25.9 Å². The molecule has 0 saturated carbocycles. The zero-order chi connectivity index (χ0) is 14.4. The van der Waals surface area contributed by atoms with Gasteiger partial charge in [0.05, 0.1) is 12.6 Å². The summed E-state index contributed by atoms with van der Waals surface area (Å²) >= 11 is 0. The van der Waals surface area contributed by atoms with Crippen LogP contribution in [0.5, 0.6) is 0 Å². The summed E-state index contributed by atoms with van der Waals surface area (Å²) in [5, 5.41) is 0. The third kappa shape index (κ3) is 4.59. The molecule has 0 aliphatic heterocycles. The van der Waals surface area contributed by atoms with Crippen LogP contribution in [0, 0.1) is 0 Å². The maximum absolute atomic E-state index is 11.4. The van der Waals surface area contributed by atoms with Crippen molar-refractivity contribution in [3.8, 4) is 0 Å². The molecular formula is C13H20N4O2. The van der Waals surface area contributed by atoms with Crippen molar-refractivity contribution in [2.24, 2.45) is 11.5 Å². The summed E-state index contributed by atoms with van der Waals surface area (Å²) in [5.74, 6) is -0.950. The number of benzene rings is 1. The first kappa shape index (κ1) is 15.0. The summed E-state index contributed by atoms with van der Waals surface area (Å²) in [6.07, 6.45) is 0.525. The molecule has 19 heavy (non-hydrogen) atoms. The fourth-order valence-corrected chi connectivity index (χ4v) is 1.97. The van der Waals surface area contributed by atoms with Gasteiger partial charge in [-0.1, -0.05) is 19.1 Å². The van der Waals surface area contributed by atoms with Crippen LogP contribution in [0.3, 0.4) is 0 Å². The van der Waals surface area contributed by atoms with Crippen molar-refractivity contribution in [3.05, 3.63) is 29.8 Å². The average molecular weight is 264 g/mol. The first-order chi connectivity index (χ1) is 8.93. The lowest BCUT2D eigenvalue weighted by Gasteiger charge is -2.27. The summed E-state index contributed by atoms with van der Waals surface area (Å²) in [6.45, 7) is 2.25. The van der Waals surface area contributed by atoms with Crippen LogP contribution < -0.4 is 17.2 Å². The van der Waals surface area contributed by atoms with Gasteiger partial charge in [-0.15, -0.1) is 0 Å². The van der Waals surface area contributed by atoms with E-state index in [9.17, 15) is 9.59 Å². The van der Waals surface area contributed by atoms with E-state index in [4.69, 9.17) is 17.2 Å². The third-order valence-corrected chi connectivity index (χ3v) is 2.88. The van der Waals surface area contributed by atoms with E-state index >= 15 is 0 Å². The fraction of sp³-hybridized carbons (Fsp3) is 0.385. The summed E-state index contributed by atoms with van der Waals surface area (Å²) in [4.78, 5) is 24.2. The minimum Gasteiger partial charge on any atom is -0.399 e. The molecule has 6 nitrogen and oxygen atoms in total. The van der Waals surface area contributed by atoms with Crippen LogP contribution in [0.25, 0.3) is 0 Å². The van der Waals surface area contributed by atoms with Gasteiger partial charge in [0.1, 0.15) is 0 Å². The van der Waals surface area contributed by atoms with Crippen molar-refractivity contribution in [3.63, 3.8) is 0 Å². The highest BCUT2D eigenvalue weighted by atomic mass is 16.2. The molecule has 0 aliphatic carbocycles. The van der Waals surface area contributed by atoms with Crippen molar-refractivity contribution in [1.29, 1.82) is 0 Å². The molecule has 0 radical (unpaired) electrons. The van der Waals surface area contributed by atoms with E-state index in [-0.39, 0.29) is 6.54 Å². The molecule has 2 amide bonds. The Labute approximate surface area is 112 Å². The topological polar surface area (TPSA) is 115 Å². The zero-order valence-electron chi connectivity index (χ0n) is 11.0.